The summed E-state index contributed by atoms with van der Waals surface area (Å²) in [6.45, 7) is 4.02. The lowest BCUT2D eigenvalue weighted by molar-refractivity contribution is -0.115. The third kappa shape index (κ3) is 4.80. The van der Waals surface area contributed by atoms with E-state index in [9.17, 15) is 13.6 Å². The number of amides is 1. The Morgan fingerprint density at radius 2 is 2.00 bits per heavy atom. The van der Waals surface area contributed by atoms with Gasteiger partial charge in [-0.15, -0.1) is 0 Å². The minimum Gasteiger partial charge on any atom is -0.379 e. The van der Waals surface area contributed by atoms with Gasteiger partial charge in [0, 0.05) is 31.4 Å². The van der Waals surface area contributed by atoms with E-state index in [1.54, 1.807) is 12.3 Å². The average Bonchev–Trinajstić information content (AvgIpc) is 2.62. The molecule has 1 amide bonds. The molecule has 1 aliphatic rings. The second-order valence-corrected chi connectivity index (χ2v) is 5.88. The number of morpholine rings is 1. The Kier molecular flexibility index (Phi) is 5.67. The van der Waals surface area contributed by atoms with Gasteiger partial charge >= 0.3 is 0 Å². The van der Waals surface area contributed by atoms with Gasteiger partial charge in [0.1, 0.15) is 5.82 Å². The van der Waals surface area contributed by atoms with Gasteiger partial charge in [-0.2, -0.15) is 0 Å². The van der Waals surface area contributed by atoms with Crippen molar-refractivity contribution in [1.29, 1.82) is 0 Å². The summed E-state index contributed by atoms with van der Waals surface area (Å²) in [5.74, 6) is -2.02. The van der Waals surface area contributed by atoms with Gasteiger partial charge in [0.25, 0.3) is 0 Å². The summed E-state index contributed by atoms with van der Waals surface area (Å²) in [5.41, 5.74) is 1.05. The number of hydrogen-bond acceptors (Lipinski definition) is 4. The van der Waals surface area contributed by atoms with E-state index < -0.39 is 17.5 Å². The summed E-state index contributed by atoms with van der Waals surface area (Å²) in [6, 6.07) is 7.37. The molecule has 3 rings (SSSR count). The first kappa shape index (κ1) is 17.4. The Morgan fingerprint density at radius 3 is 2.72 bits per heavy atom. The predicted octanol–water partition coefficient (Wildman–Crippen LogP) is 2.37. The molecule has 1 aromatic heterocycles. The maximum absolute atomic E-state index is 13.6. The maximum Gasteiger partial charge on any atom is 0.230 e. The van der Waals surface area contributed by atoms with Crippen LogP contribution in [0.15, 0.2) is 36.5 Å². The smallest absolute Gasteiger partial charge is 0.230 e. The number of anilines is 1. The van der Waals surface area contributed by atoms with Crippen molar-refractivity contribution < 1.29 is 18.3 Å². The molecule has 25 heavy (non-hydrogen) atoms. The summed E-state index contributed by atoms with van der Waals surface area (Å²) in [6.07, 6.45) is 1.45. The lowest BCUT2D eigenvalue weighted by atomic mass is 10.1. The highest BCUT2D eigenvalue weighted by Gasteiger charge is 2.13. The van der Waals surface area contributed by atoms with E-state index >= 15 is 0 Å². The standard InChI is InChI=1S/C18H19F2N3O2/c19-15-3-1-2-14(18(15)20)10-17(24)22-16-5-4-13(11-21-16)12-23-6-8-25-9-7-23/h1-5,11H,6-10,12H2,(H,21,22,24). The number of nitrogens with one attached hydrogen (secondary N) is 1. The Balaban J connectivity index is 1.55. The molecule has 0 unspecified atom stereocenters. The molecule has 7 heteroatoms. The monoisotopic (exact) mass is 347 g/mol. The predicted molar refractivity (Wildman–Crippen MR) is 89.0 cm³/mol. The van der Waals surface area contributed by atoms with Crippen LogP contribution < -0.4 is 5.32 Å². The average molecular weight is 347 g/mol. The van der Waals surface area contributed by atoms with Crippen molar-refractivity contribution in [2.45, 2.75) is 13.0 Å². The second kappa shape index (κ2) is 8.13. The minimum absolute atomic E-state index is 0.0152. The van der Waals surface area contributed by atoms with E-state index in [1.165, 1.54) is 12.1 Å². The van der Waals surface area contributed by atoms with E-state index in [4.69, 9.17) is 4.74 Å². The zero-order valence-electron chi connectivity index (χ0n) is 13.7. The van der Waals surface area contributed by atoms with Crippen molar-refractivity contribution in [2.75, 3.05) is 31.6 Å². The fraction of sp³-hybridized carbons (Fsp3) is 0.333. The quantitative estimate of drug-likeness (QED) is 0.902. The Labute approximate surface area is 144 Å². The van der Waals surface area contributed by atoms with Gasteiger partial charge in [-0.3, -0.25) is 9.69 Å². The lowest BCUT2D eigenvalue weighted by Crippen LogP contribution is -2.35. The number of nitrogens with zero attached hydrogens (tertiary/aromatic N) is 2. The summed E-state index contributed by atoms with van der Waals surface area (Å²) in [5, 5.41) is 2.60. The second-order valence-electron chi connectivity index (χ2n) is 5.88. The van der Waals surface area contributed by atoms with Crippen LogP contribution in [0, 0.1) is 11.6 Å². The van der Waals surface area contributed by atoms with Crippen LogP contribution in [0.2, 0.25) is 0 Å². The number of ether oxygens (including phenoxy) is 1. The summed E-state index contributed by atoms with van der Waals surface area (Å²) in [7, 11) is 0. The van der Waals surface area contributed by atoms with Crippen LogP contribution in [0.5, 0.6) is 0 Å². The number of carbonyl (C=O) groups excluding carboxylic acids is 1. The van der Waals surface area contributed by atoms with E-state index in [0.29, 0.717) is 5.82 Å². The van der Waals surface area contributed by atoms with Gasteiger partial charge in [-0.25, -0.2) is 13.8 Å². The van der Waals surface area contributed by atoms with Gasteiger partial charge < -0.3 is 10.1 Å². The molecule has 1 saturated heterocycles. The van der Waals surface area contributed by atoms with Crippen molar-refractivity contribution in [3.05, 3.63) is 59.3 Å². The van der Waals surface area contributed by atoms with Crippen LogP contribution in [0.4, 0.5) is 14.6 Å². The Bertz CT molecular complexity index is 732. The zero-order valence-corrected chi connectivity index (χ0v) is 13.7. The summed E-state index contributed by atoms with van der Waals surface area (Å²) < 4.78 is 32.1. The van der Waals surface area contributed by atoms with E-state index in [-0.39, 0.29) is 12.0 Å². The largest absolute Gasteiger partial charge is 0.379 e. The highest BCUT2D eigenvalue weighted by molar-refractivity contribution is 5.91. The van der Waals surface area contributed by atoms with E-state index in [1.807, 2.05) is 6.07 Å². The molecule has 1 aliphatic heterocycles. The third-order valence-corrected chi connectivity index (χ3v) is 3.98. The maximum atomic E-state index is 13.6. The molecule has 0 radical (unpaired) electrons. The fourth-order valence-electron chi connectivity index (χ4n) is 2.65. The summed E-state index contributed by atoms with van der Waals surface area (Å²) in [4.78, 5) is 18.5. The van der Waals surface area contributed by atoms with Gasteiger partial charge in [0.2, 0.25) is 5.91 Å². The molecule has 1 fully saturated rings. The molecular weight excluding hydrogens is 328 g/mol. The molecule has 0 atom stereocenters. The van der Waals surface area contributed by atoms with Crippen LogP contribution in [0.3, 0.4) is 0 Å². The molecule has 2 aromatic rings. The Morgan fingerprint density at radius 1 is 1.20 bits per heavy atom. The van der Waals surface area contributed by atoms with E-state index in [0.717, 1.165) is 44.5 Å². The first-order valence-electron chi connectivity index (χ1n) is 8.09. The van der Waals surface area contributed by atoms with Gasteiger partial charge in [0.15, 0.2) is 11.6 Å². The molecule has 1 N–H and O–H groups in total. The minimum atomic E-state index is -0.994. The molecule has 0 spiro atoms. The molecule has 132 valence electrons. The molecule has 2 heterocycles. The number of rotatable bonds is 5. The molecule has 5 nitrogen and oxygen atoms in total. The highest BCUT2D eigenvalue weighted by atomic mass is 19.2. The molecule has 0 bridgehead atoms. The topological polar surface area (TPSA) is 54.5 Å². The number of benzene rings is 1. The lowest BCUT2D eigenvalue weighted by Gasteiger charge is -2.26. The third-order valence-electron chi connectivity index (χ3n) is 3.98. The highest BCUT2D eigenvalue weighted by Crippen LogP contribution is 2.13. The van der Waals surface area contributed by atoms with Crippen LogP contribution in [-0.2, 0) is 22.5 Å². The summed E-state index contributed by atoms with van der Waals surface area (Å²) >= 11 is 0. The van der Waals surface area contributed by atoms with Crippen molar-refractivity contribution in [1.82, 2.24) is 9.88 Å². The number of halogens is 2. The number of pyridine rings is 1. The molecule has 0 saturated carbocycles. The van der Waals surface area contributed by atoms with Crippen LogP contribution in [0.25, 0.3) is 0 Å². The molecule has 0 aliphatic carbocycles. The van der Waals surface area contributed by atoms with Crippen molar-refractivity contribution in [3.63, 3.8) is 0 Å². The van der Waals surface area contributed by atoms with Gasteiger partial charge in [-0.05, 0) is 17.7 Å². The fourth-order valence-corrected chi connectivity index (χ4v) is 2.65. The van der Waals surface area contributed by atoms with E-state index in [2.05, 4.69) is 15.2 Å². The number of carbonyl (C=O) groups is 1. The van der Waals surface area contributed by atoms with Crippen LogP contribution in [-0.4, -0.2) is 42.1 Å². The number of hydrogen-bond donors (Lipinski definition) is 1. The Hall–Kier alpha value is -2.38. The first-order valence-corrected chi connectivity index (χ1v) is 8.09. The first-order chi connectivity index (χ1) is 12.1. The van der Waals surface area contributed by atoms with Crippen molar-refractivity contribution in [2.24, 2.45) is 0 Å². The zero-order chi connectivity index (χ0) is 17.6. The van der Waals surface area contributed by atoms with Gasteiger partial charge in [0.05, 0.1) is 19.6 Å². The molecule has 1 aromatic carbocycles. The SMILES string of the molecule is O=C(Cc1cccc(F)c1F)Nc1ccc(CN2CCOCC2)cn1. The van der Waals surface area contributed by atoms with Crippen LogP contribution in [0.1, 0.15) is 11.1 Å². The normalized spacial score (nSPS) is 15.1. The van der Waals surface area contributed by atoms with Crippen molar-refractivity contribution in [3.8, 4) is 0 Å². The molecular formula is C18H19F2N3O2. The van der Waals surface area contributed by atoms with Crippen molar-refractivity contribution >= 4 is 11.7 Å². The van der Waals surface area contributed by atoms with Crippen LogP contribution >= 0.6 is 0 Å². The van der Waals surface area contributed by atoms with Gasteiger partial charge in [-0.1, -0.05) is 18.2 Å². The number of aromatic nitrogens is 1.